The molecule has 160 valence electrons. The molecular weight excluding hydrogens is 406 g/mol. The second-order valence-corrected chi connectivity index (χ2v) is 9.62. The van der Waals surface area contributed by atoms with Crippen molar-refractivity contribution >= 4 is 22.4 Å². The smallest absolute Gasteiger partial charge is 0.291 e. The number of rotatable bonds is 6. The number of aromatic nitrogens is 3. The zero-order valence-corrected chi connectivity index (χ0v) is 19.2. The fourth-order valence-corrected chi connectivity index (χ4v) is 4.17. The molecule has 0 aliphatic rings. The van der Waals surface area contributed by atoms with Gasteiger partial charge in [0.25, 0.3) is 5.56 Å². The van der Waals surface area contributed by atoms with Crippen molar-refractivity contribution in [1.82, 2.24) is 14.6 Å². The van der Waals surface area contributed by atoms with Crippen molar-refractivity contribution in [2.24, 2.45) is 0 Å². The van der Waals surface area contributed by atoms with Crippen molar-refractivity contribution in [3.05, 3.63) is 74.5 Å². The largest absolute Gasteiger partial charge is 0.493 e. The number of hydrogen-bond donors (Lipinski definition) is 0. The monoisotopic (exact) mass is 433 g/mol. The summed E-state index contributed by atoms with van der Waals surface area (Å²) < 4.78 is 7.88. The highest BCUT2D eigenvalue weighted by Gasteiger charge is 2.16. The van der Waals surface area contributed by atoms with E-state index in [1.807, 2.05) is 42.5 Å². The van der Waals surface area contributed by atoms with Gasteiger partial charge in [-0.05, 0) is 29.5 Å². The zero-order valence-electron chi connectivity index (χ0n) is 18.4. The normalized spacial score (nSPS) is 12.6. The molecule has 0 unspecified atom stereocenters. The van der Waals surface area contributed by atoms with Gasteiger partial charge >= 0.3 is 0 Å². The van der Waals surface area contributed by atoms with Crippen LogP contribution < -0.4 is 14.8 Å². The lowest BCUT2D eigenvalue weighted by atomic mass is 9.87. The highest BCUT2D eigenvalue weighted by Crippen LogP contribution is 2.25. The molecule has 0 atom stereocenters. The van der Waals surface area contributed by atoms with Gasteiger partial charge in [0.2, 0.25) is 4.96 Å². The van der Waals surface area contributed by atoms with E-state index in [1.54, 1.807) is 0 Å². The summed E-state index contributed by atoms with van der Waals surface area (Å²) in [4.78, 5) is 18.1. The van der Waals surface area contributed by atoms with Gasteiger partial charge in [0.15, 0.2) is 5.82 Å². The van der Waals surface area contributed by atoms with Gasteiger partial charge in [-0.3, -0.25) is 4.79 Å². The van der Waals surface area contributed by atoms with Crippen LogP contribution in [0.3, 0.4) is 0 Å². The molecule has 0 fully saturated rings. The van der Waals surface area contributed by atoms with E-state index in [1.165, 1.54) is 21.4 Å². The predicted octanol–water partition coefficient (Wildman–Crippen LogP) is 4.84. The van der Waals surface area contributed by atoms with Crippen LogP contribution in [0.5, 0.6) is 5.75 Å². The van der Waals surface area contributed by atoms with E-state index in [9.17, 15) is 4.79 Å². The average Bonchev–Trinajstić information content (AvgIpc) is 3.28. The Morgan fingerprint density at radius 3 is 2.52 bits per heavy atom. The lowest BCUT2D eigenvalue weighted by molar-refractivity contribution is 0.309. The first kappa shape index (κ1) is 21.2. The van der Waals surface area contributed by atoms with E-state index in [2.05, 4.69) is 49.9 Å². The number of hydrogen-bond acceptors (Lipinski definition) is 5. The molecule has 2 aromatic carbocycles. The summed E-state index contributed by atoms with van der Waals surface area (Å²) in [5.74, 6) is 1.35. The Labute approximate surface area is 186 Å². The van der Waals surface area contributed by atoms with E-state index in [-0.39, 0.29) is 11.0 Å². The molecule has 0 saturated heterocycles. The van der Waals surface area contributed by atoms with E-state index in [0.717, 1.165) is 29.7 Å². The lowest BCUT2D eigenvalue weighted by Crippen LogP contribution is -2.23. The van der Waals surface area contributed by atoms with Crippen molar-refractivity contribution in [3.63, 3.8) is 0 Å². The van der Waals surface area contributed by atoms with Gasteiger partial charge in [-0.15, -0.1) is 5.10 Å². The Hall–Kier alpha value is -2.99. The summed E-state index contributed by atoms with van der Waals surface area (Å²) in [5.41, 5.74) is 2.97. The first-order valence-corrected chi connectivity index (χ1v) is 11.4. The average molecular weight is 434 g/mol. The number of fused-ring (bicyclic) bond motifs is 1. The molecule has 0 aliphatic carbocycles. The SMILES string of the molecule is CCCCOc1ccccc1/C=c1\sc2nc(-c3ccc(C(C)(C)C)cc3)nn2c1=O. The highest BCUT2D eigenvalue weighted by atomic mass is 32.1. The molecule has 2 heterocycles. The van der Waals surface area contributed by atoms with Crippen LogP contribution >= 0.6 is 11.3 Å². The second kappa shape index (κ2) is 8.63. The van der Waals surface area contributed by atoms with Crippen LogP contribution in [0.4, 0.5) is 0 Å². The number of thiazole rings is 1. The van der Waals surface area contributed by atoms with Crippen molar-refractivity contribution in [3.8, 4) is 17.1 Å². The van der Waals surface area contributed by atoms with Crippen molar-refractivity contribution < 1.29 is 4.74 Å². The molecule has 0 aliphatic heterocycles. The summed E-state index contributed by atoms with van der Waals surface area (Å²) >= 11 is 1.34. The number of nitrogens with zero attached hydrogens (tertiary/aromatic N) is 3. The zero-order chi connectivity index (χ0) is 22.0. The van der Waals surface area contributed by atoms with Crippen LogP contribution in [-0.4, -0.2) is 21.2 Å². The molecule has 4 aromatic rings. The molecule has 4 rings (SSSR count). The van der Waals surface area contributed by atoms with Gasteiger partial charge < -0.3 is 4.74 Å². The Kier molecular flexibility index (Phi) is 5.92. The van der Waals surface area contributed by atoms with Gasteiger partial charge in [-0.2, -0.15) is 9.50 Å². The summed E-state index contributed by atoms with van der Waals surface area (Å²) in [6.07, 6.45) is 3.94. The highest BCUT2D eigenvalue weighted by molar-refractivity contribution is 7.15. The second-order valence-electron chi connectivity index (χ2n) is 8.61. The molecule has 31 heavy (non-hydrogen) atoms. The minimum absolute atomic E-state index is 0.0873. The molecule has 0 bridgehead atoms. The molecule has 0 N–H and O–H groups in total. The van der Waals surface area contributed by atoms with Crippen LogP contribution in [0.15, 0.2) is 53.3 Å². The predicted molar refractivity (Wildman–Crippen MR) is 127 cm³/mol. The maximum Gasteiger partial charge on any atom is 0.291 e. The van der Waals surface area contributed by atoms with Crippen molar-refractivity contribution in [2.75, 3.05) is 6.61 Å². The van der Waals surface area contributed by atoms with Crippen LogP contribution in [0.2, 0.25) is 0 Å². The van der Waals surface area contributed by atoms with Crippen molar-refractivity contribution in [1.29, 1.82) is 0 Å². The number of ether oxygens (including phenoxy) is 1. The Morgan fingerprint density at radius 2 is 1.84 bits per heavy atom. The third-order valence-corrected chi connectivity index (χ3v) is 6.11. The summed E-state index contributed by atoms with van der Waals surface area (Å²) in [7, 11) is 0. The maximum atomic E-state index is 12.9. The quantitative estimate of drug-likeness (QED) is 0.408. The van der Waals surface area contributed by atoms with Gasteiger partial charge in [-0.25, -0.2) is 0 Å². The number of para-hydroxylation sites is 1. The van der Waals surface area contributed by atoms with Gasteiger partial charge in [0.1, 0.15) is 5.75 Å². The summed E-state index contributed by atoms with van der Waals surface area (Å²) in [6, 6.07) is 16.0. The topological polar surface area (TPSA) is 56.5 Å². The maximum absolute atomic E-state index is 12.9. The molecule has 2 aromatic heterocycles. The minimum Gasteiger partial charge on any atom is -0.493 e. The molecule has 5 nitrogen and oxygen atoms in total. The summed E-state index contributed by atoms with van der Waals surface area (Å²) in [5, 5.41) is 4.47. The van der Waals surface area contributed by atoms with Crippen LogP contribution in [0, 0.1) is 0 Å². The molecule has 0 amide bonds. The Morgan fingerprint density at radius 1 is 1.10 bits per heavy atom. The van der Waals surface area contributed by atoms with Gasteiger partial charge in [0.05, 0.1) is 11.1 Å². The standard InChI is InChI=1S/C25H27N3O2S/c1-5-6-15-30-20-10-8-7-9-18(20)16-21-23(29)28-24(31-21)26-22(27-28)17-11-13-19(14-12-17)25(2,3)4/h7-14,16H,5-6,15H2,1-4H3/b21-16-. The fraction of sp³-hybridized carbons (Fsp3) is 0.320. The first-order valence-electron chi connectivity index (χ1n) is 10.6. The minimum atomic E-state index is -0.159. The first-order chi connectivity index (χ1) is 14.9. The van der Waals surface area contributed by atoms with E-state index < -0.39 is 0 Å². The van der Waals surface area contributed by atoms with Crippen LogP contribution in [-0.2, 0) is 5.41 Å². The molecule has 0 radical (unpaired) electrons. The Bertz CT molecular complexity index is 1300. The van der Waals surface area contributed by atoms with Gasteiger partial charge in [-0.1, -0.05) is 87.9 Å². The third kappa shape index (κ3) is 4.54. The van der Waals surface area contributed by atoms with Crippen molar-refractivity contribution in [2.45, 2.75) is 46.0 Å². The van der Waals surface area contributed by atoms with Crippen LogP contribution in [0.25, 0.3) is 22.4 Å². The number of benzene rings is 2. The lowest BCUT2D eigenvalue weighted by Gasteiger charge is -2.18. The molecule has 6 heteroatoms. The van der Waals surface area contributed by atoms with E-state index in [0.29, 0.717) is 21.9 Å². The van der Waals surface area contributed by atoms with E-state index >= 15 is 0 Å². The van der Waals surface area contributed by atoms with Gasteiger partial charge in [0, 0.05) is 11.1 Å². The third-order valence-electron chi connectivity index (χ3n) is 5.15. The molecule has 0 saturated carbocycles. The molecular formula is C25H27N3O2S. The summed E-state index contributed by atoms with van der Waals surface area (Å²) in [6.45, 7) is 9.34. The Balaban J connectivity index is 1.67. The van der Waals surface area contributed by atoms with E-state index in [4.69, 9.17) is 4.74 Å². The number of unbranched alkanes of at least 4 members (excludes halogenated alkanes) is 1. The molecule has 0 spiro atoms. The van der Waals surface area contributed by atoms with Crippen LogP contribution in [0.1, 0.15) is 51.7 Å². The fourth-order valence-electron chi connectivity index (χ4n) is 3.27.